The molecule has 0 spiro atoms. The van der Waals surface area contributed by atoms with Crippen molar-refractivity contribution in [1.82, 2.24) is 19.7 Å². The lowest BCUT2D eigenvalue weighted by atomic mass is 10.1. The molecule has 2 heterocycles. The Morgan fingerprint density at radius 2 is 1.97 bits per heavy atom. The maximum Gasteiger partial charge on any atom is 0.255 e. The number of carbonyl (C=O) groups is 2. The summed E-state index contributed by atoms with van der Waals surface area (Å²) < 4.78 is 14.9. The Balaban J connectivity index is 1.49. The zero-order valence-electron chi connectivity index (χ0n) is 18.3. The molecule has 4 rings (SSSR count). The predicted molar refractivity (Wildman–Crippen MR) is 130 cm³/mol. The van der Waals surface area contributed by atoms with E-state index in [-0.39, 0.29) is 29.4 Å². The molecular weight excluding hydrogens is 477 g/mol. The zero-order valence-corrected chi connectivity index (χ0v) is 19.9. The van der Waals surface area contributed by atoms with E-state index in [0.29, 0.717) is 40.3 Å². The third kappa shape index (κ3) is 5.31. The second kappa shape index (κ2) is 10.8. The second-order valence-electron chi connectivity index (χ2n) is 7.72. The van der Waals surface area contributed by atoms with Gasteiger partial charge in [0.25, 0.3) is 5.91 Å². The van der Waals surface area contributed by atoms with Gasteiger partial charge in [-0.1, -0.05) is 41.6 Å². The molecule has 7 nitrogen and oxygen atoms in total. The Bertz CT molecular complexity index is 1200. The van der Waals surface area contributed by atoms with Crippen molar-refractivity contribution >= 4 is 40.9 Å². The molecule has 2 aromatic carbocycles. The van der Waals surface area contributed by atoms with Crippen molar-refractivity contribution in [2.24, 2.45) is 0 Å². The Hall–Kier alpha value is -3.17. The molecule has 176 valence electrons. The molecule has 0 saturated carbocycles. The number of halogens is 2. The van der Waals surface area contributed by atoms with E-state index in [0.717, 1.165) is 12.8 Å². The quantitative estimate of drug-likeness (QED) is 0.350. The largest absolute Gasteiger partial charge is 0.328 e. The molecule has 3 aromatic rings. The van der Waals surface area contributed by atoms with Crippen LogP contribution in [0.25, 0.3) is 0 Å². The summed E-state index contributed by atoms with van der Waals surface area (Å²) in [5.74, 6) is -0.0120. The summed E-state index contributed by atoms with van der Waals surface area (Å²) in [7, 11) is 0. The van der Waals surface area contributed by atoms with Crippen LogP contribution in [-0.2, 0) is 11.3 Å². The molecule has 1 saturated heterocycles. The number of carbonyl (C=O) groups excluding carboxylic acids is 2. The van der Waals surface area contributed by atoms with Gasteiger partial charge in [-0.25, -0.2) is 4.39 Å². The monoisotopic (exact) mass is 499 g/mol. The van der Waals surface area contributed by atoms with E-state index in [2.05, 4.69) is 22.1 Å². The molecule has 1 aliphatic heterocycles. The second-order valence-corrected chi connectivity index (χ2v) is 9.07. The minimum absolute atomic E-state index is 0.0968. The van der Waals surface area contributed by atoms with Crippen LogP contribution < -0.4 is 5.32 Å². The topological polar surface area (TPSA) is 80.1 Å². The summed E-state index contributed by atoms with van der Waals surface area (Å²) in [6.07, 6.45) is 3.32. The highest BCUT2D eigenvalue weighted by atomic mass is 35.5. The standard InChI is InChI=1S/C24H23ClFN5O2S/c1-2-13-31-22(20-8-5-14-30(20)23(33)18-6-3-4-7-19(18)25)28-29-24(31)34-15-21(32)27-17-11-9-16(26)10-12-17/h2-4,6-7,9-12,20H,1,5,8,13-15H2,(H,27,32). The molecule has 0 aliphatic carbocycles. The lowest BCUT2D eigenvalue weighted by Crippen LogP contribution is -2.32. The minimum Gasteiger partial charge on any atom is -0.328 e. The van der Waals surface area contributed by atoms with Gasteiger partial charge >= 0.3 is 0 Å². The number of aromatic nitrogens is 3. The number of likely N-dealkylation sites (tertiary alicyclic amines) is 1. The number of hydrogen-bond acceptors (Lipinski definition) is 5. The van der Waals surface area contributed by atoms with Crippen molar-refractivity contribution in [3.63, 3.8) is 0 Å². The number of allylic oxidation sites excluding steroid dienone is 1. The van der Waals surface area contributed by atoms with Gasteiger partial charge in [0, 0.05) is 18.8 Å². The van der Waals surface area contributed by atoms with Gasteiger partial charge in [0.15, 0.2) is 11.0 Å². The first-order valence-corrected chi connectivity index (χ1v) is 12.1. The van der Waals surface area contributed by atoms with E-state index in [1.54, 1.807) is 35.2 Å². The number of amides is 2. The fourth-order valence-electron chi connectivity index (χ4n) is 3.88. The van der Waals surface area contributed by atoms with Gasteiger partial charge in [0.05, 0.1) is 22.4 Å². The summed E-state index contributed by atoms with van der Waals surface area (Å²) in [5, 5.41) is 12.4. The molecule has 1 N–H and O–H groups in total. The molecule has 1 aromatic heterocycles. The van der Waals surface area contributed by atoms with Crippen LogP contribution in [-0.4, -0.2) is 43.8 Å². The van der Waals surface area contributed by atoms with Crippen LogP contribution in [0, 0.1) is 5.82 Å². The van der Waals surface area contributed by atoms with Crippen molar-refractivity contribution in [3.05, 3.63) is 83.4 Å². The normalized spacial score (nSPS) is 15.4. The van der Waals surface area contributed by atoms with Crippen LogP contribution in [0.3, 0.4) is 0 Å². The van der Waals surface area contributed by atoms with Gasteiger partial charge < -0.3 is 14.8 Å². The van der Waals surface area contributed by atoms with Crippen molar-refractivity contribution in [2.45, 2.75) is 30.6 Å². The summed E-state index contributed by atoms with van der Waals surface area (Å²) in [6.45, 7) is 4.86. The number of nitrogens with zero attached hydrogens (tertiary/aromatic N) is 4. The first kappa shape index (κ1) is 24.0. The average Bonchev–Trinajstić information content (AvgIpc) is 3.46. The van der Waals surface area contributed by atoms with Gasteiger partial charge in [-0.3, -0.25) is 9.59 Å². The lowest BCUT2D eigenvalue weighted by molar-refractivity contribution is -0.113. The Labute approximate surface area is 206 Å². The first-order chi connectivity index (χ1) is 16.5. The molecule has 1 fully saturated rings. The van der Waals surface area contributed by atoms with Crippen LogP contribution in [0.15, 0.2) is 66.3 Å². The Morgan fingerprint density at radius 3 is 2.71 bits per heavy atom. The van der Waals surface area contributed by atoms with E-state index in [1.807, 2.05) is 4.57 Å². The van der Waals surface area contributed by atoms with Crippen LogP contribution >= 0.6 is 23.4 Å². The van der Waals surface area contributed by atoms with E-state index in [4.69, 9.17) is 11.6 Å². The predicted octanol–water partition coefficient (Wildman–Crippen LogP) is 4.96. The fraction of sp³-hybridized carbons (Fsp3) is 0.250. The van der Waals surface area contributed by atoms with Gasteiger partial charge in [0.2, 0.25) is 5.91 Å². The van der Waals surface area contributed by atoms with Crippen molar-refractivity contribution in [3.8, 4) is 0 Å². The number of hydrogen-bond donors (Lipinski definition) is 1. The van der Waals surface area contributed by atoms with Crippen LogP contribution in [0.2, 0.25) is 5.02 Å². The van der Waals surface area contributed by atoms with E-state index < -0.39 is 0 Å². The lowest BCUT2D eigenvalue weighted by Gasteiger charge is -2.25. The molecule has 1 atom stereocenters. The molecule has 1 unspecified atom stereocenters. The van der Waals surface area contributed by atoms with Crippen molar-refractivity contribution in [2.75, 3.05) is 17.6 Å². The zero-order chi connectivity index (χ0) is 24.1. The summed E-state index contributed by atoms with van der Waals surface area (Å²) in [5.41, 5.74) is 0.970. The maximum absolute atomic E-state index is 13.2. The molecular formula is C24H23ClFN5O2S. The minimum atomic E-state index is -0.369. The van der Waals surface area contributed by atoms with E-state index >= 15 is 0 Å². The molecule has 1 aliphatic rings. The maximum atomic E-state index is 13.2. The Morgan fingerprint density at radius 1 is 1.21 bits per heavy atom. The Kier molecular flexibility index (Phi) is 7.64. The SMILES string of the molecule is C=CCn1c(SCC(=O)Nc2ccc(F)cc2)nnc1C1CCCN1C(=O)c1ccccc1Cl. The van der Waals surface area contributed by atoms with Gasteiger partial charge in [-0.15, -0.1) is 16.8 Å². The first-order valence-electron chi connectivity index (χ1n) is 10.8. The highest BCUT2D eigenvalue weighted by Gasteiger charge is 2.35. The van der Waals surface area contributed by atoms with E-state index in [1.165, 1.54) is 36.0 Å². The third-order valence-electron chi connectivity index (χ3n) is 5.43. The summed E-state index contributed by atoms with van der Waals surface area (Å²) in [4.78, 5) is 27.4. The van der Waals surface area contributed by atoms with Crippen LogP contribution in [0.4, 0.5) is 10.1 Å². The smallest absolute Gasteiger partial charge is 0.255 e. The van der Waals surface area contributed by atoms with Crippen LogP contribution in [0.1, 0.15) is 35.1 Å². The van der Waals surface area contributed by atoms with E-state index in [9.17, 15) is 14.0 Å². The summed E-state index contributed by atoms with van der Waals surface area (Å²) >= 11 is 7.50. The molecule has 0 bridgehead atoms. The van der Waals surface area contributed by atoms with Crippen molar-refractivity contribution < 1.29 is 14.0 Å². The van der Waals surface area contributed by atoms with Gasteiger partial charge in [0.1, 0.15) is 5.82 Å². The number of nitrogens with one attached hydrogen (secondary N) is 1. The van der Waals surface area contributed by atoms with Crippen molar-refractivity contribution in [1.29, 1.82) is 0 Å². The molecule has 34 heavy (non-hydrogen) atoms. The number of anilines is 1. The summed E-state index contributed by atoms with van der Waals surface area (Å²) in [6, 6.07) is 12.3. The highest BCUT2D eigenvalue weighted by molar-refractivity contribution is 7.99. The highest BCUT2D eigenvalue weighted by Crippen LogP contribution is 2.34. The molecule has 10 heteroatoms. The fourth-order valence-corrected chi connectivity index (χ4v) is 4.85. The number of thioether (sulfide) groups is 1. The third-order valence-corrected chi connectivity index (χ3v) is 6.73. The van der Waals surface area contributed by atoms with Gasteiger partial charge in [-0.05, 0) is 49.2 Å². The molecule has 0 radical (unpaired) electrons. The molecule has 2 amide bonds. The van der Waals surface area contributed by atoms with Crippen LogP contribution in [0.5, 0.6) is 0 Å². The van der Waals surface area contributed by atoms with Gasteiger partial charge in [-0.2, -0.15) is 0 Å². The number of rotatable bonds is 8. The number of benzene rings is 2. The average molecular weight is 500 g/mol.